The average molecular weight is 401 g/mol. The average Bonchev–Trinajstić information content (AvgIpc) is 2.68. The molecule has 0 fully saturated rings. The van der Waals surface area contributed by atoms with Crippen LogP contribution in [0.2, 0.25) is 0 Å². The third-order valence-corrected chi connectivity index (χ3v) is 6.14. The number of para-hydroxylation sites is 1. The van der Waals surface area contributed by atoms with Crippen molar-refractivity contribution in [1.82, 2.24) is 9.29 Å². The Hall–Kier alpha value is -2.84. The van der Waals surface area contributed by atoms with Gasteiger partial charge in [-0.1, -0.05) is 18.2 Å². The highest BCUT2D eigenvalue weighted by molar-refractivity contribution is 7.89. The Bertz CT molecular complexity index is 1090. The van der Waals surface area contributed by atoms with Crippen LogP contribution in [0.1, 0.15) is 12.8 Å². The molecular formula is C20H20FN3O3S. The minimum Gasteiger partial charge on any atom is -0.311 e. The first-order valence-electron chi connectivity index (χ1n) is 8.74. The number of sulfonamides is 1. The van der Waals surface area contributed by atoms with E-state index in [0.29, 0.717) is 12.2 Å². The Morgan fingerprint density at radius 1 is 1.07 bits per heavy atom. The standard InChI is InChI=1S/C20H20FN3O3S/c1-24(28(26,27)17-11-9-16(21)10-12-17)14-4-7-20(25)23-19-13-8-15-5-2-3-6-18(15)22-19/h2-3,5-6,8-13H,4,7,14H2,1H3,(H,22,23,25). The zero-order chi connectivity index (χ0) is 20.1. The molecule has 0 saturated carbocycles. The van der Waals surface area contributed by atoms with Gasteiger partial charge >= 0.3 is 0 Å². The van der Waals surface area contributed by atoms with Gasteiger partial charge in [-0.05, 0) is 48.9 Å². The largest absolute Gasteiger partial charge is 0.311 e. The van der Waals surface area contributed by atoms with E-state index in [2.05, 4.69) is 10.3 Å². The van der Waals surface area contributed by atoms with Crippen molar-refractivity contribution < 1.29 is 17.6 Å². The Morgan fingerprint density at radius 2 is 1.79 bits per heavy atom. The van der Waals surface area contributed by atoms with E-state index in [4.69, 9.17) is 0 Å². The van der Waals surface area contributed by atoms with E-state index in [1.165, 1.54) is 19.2 Å². The smallest absolute Gasteiger partial charge is 0.242 e. The van der Waals surface area contributed by atoms with Crippen LogP contribution in [0.15, 0.2) is 65.6 Å². The summed E-state index contributed by atoms with van der Waals surface area (Å²) in [5.41, 5.74) is 0.783. The highest BCUT2D eigenvalue weighted by Crippen LogP contribution is 2.16. The number of benzene rings is 2. The van der Waals surface area contributed by atoms with Crippen molar-refractivity contribution in [3.05, 3.63) is 66.5 Å². The number of carbonyl (C=O) groups is 1. The molecule has 6 nitrogen and oxygen atoms in total. The number of nitrogens with one attached hydrogen (secondary N) is 1. The SMILES string of the molecule is CN(CCCC(=O)Nc1ccc2ccccc2n1)S(=O)(=O)c1ccc(F)cc1. The Morgan fingerprint density at radius 3 is 2.54 bits per heavy atom. The number of rotatable bonds is 7. The van der Waals surface area contributed by atoms with Crippen LogP contribution in [0.4, 0.5) is 10.2 Å². The quantitative estimate of drug-likeness (QED) is 0.658. The van der Waals surface area contributed by atoms with E-state index in [1.807, 2.05) is 30.3 Å². The summed E-state index contributed by atoms with van der Waals surface area (Å²) in [6, 6.07) is 15.8. The predicted molar refractivity (Wildman–Crippen MR) is 106 cm³/mol. The van der Waals surface area contributed by atoms with Gasteiger partial charge in [-0.3, -0.25) is 4.79 Å². The monoisotopic (exact) mass is 401 g/mol. The fraction of sp³-hybridized carbons (Fsp3) is 0.200. The van der Waals surface area contributed by atoms with E-state index < -0.39 is 15.8 Å². The lowest BCUT2D eigenvalue weighted by atomic mass is 10.2. The molecule has 0 saturated heterocycles. The highest BCUT2D eigenvalue weighted by Gasteiger charge is 2.20. The molecule has 8 heteroatoms. The van der Waals surface area contributed by atoms with Crippen LogP contribution in [-0.2, 0) is 14.8 Å². The van der Waals surface area contributed by atoms with Crippen molar-refractivity contribution in [2.75, 3.05) is 18.9 Å². The van der Waals surface area contributed by atoms with E-state index >= 15 is 0 Å². The molecule has 0 radical (unpaired) electrons. The van der Waals surface area contributed by atoms with Gasteiger partial charge < -0.3 is 5.32 Å². The molecule has 3 aromatic rings. The topological polar surface area (TPSA) is 79.4 Å². The summed E-state index contributed by atoms with van der Waals surface area (Å²) >= 11 is 0. The number of halogens is 1. The normalized spacial score (nSPS) is 11.7. The van der Waals surface area contributed by atoms with Crippen LogP contribution in [0.5, 0.6) is 0 Å². The van der Waals surface area contributed by atoms with E-state index in [1.54, 1.807) is 6.07 Å². The van der Waals surface area contributed by atoms with Crippen molar-refractivity contribution >= 4 is 32.7 Å². The maximum atomic E-state index is 13.0. The first kappa shape index (κ1) is 19.9. The molecular weight excluding hydrogens is 381 g/mol. The zero-order valence-corrected chi connectivity index (χ0v) is 16.1. The number of hydrogen-bond donors (Lipinski definition) is 1. The molecule has 1 aromatic heterocycles. The molecule has 0 aliphatic heterocycles. The van der Waals surface area contributed by atoms with Crippen molar-refractivity contribution in [3.63, 3.8) is 0 Å². The minimum atomic E-state index is -3.71. The van der Waals surface area contributed by atoms with Gasteiger partial charge in [0.25, 0.3) is 0 Å². The highest BCUT2D eigenvalue weighted by atomic mass is 32.2. The van der Waals surface area contributed by atoms with Crippen molar-refractivity contribution in [3.8, 4) is 0 Å². The van der Waals surface area contributed by atoms with Crippen LogP contribution in [0.3, 0.4) is 0 Å². The predicted octanol–water partition coefficient (Wildman–Crippen LogP) is 3.41. The molecule has 0 atom stereocenters. The number of hydrogen-bond acceptors (Lipinski definition) is 4. The lowest BCUT2D eigenvalue weighted by molar-refractivity contribution is -0.116. The van der Waals surface area contributed by atoms with Gasteiger partial charge in [0.15, 0.2) is 0 Å². The van der Waals surface area contributed by atoms with Gasteiger partial charge in [0, 0.05) is 25.4 Å². The Balaban J connectivity index is 1.53. The van der Waals surface area contributed by atoms with Gasteiger partial charge in [-0.2, -0.15) is 0 Å². The zero-order valence-electron chi connectivity index (χ0n) is 15.3. The second-order valence-corrected chi connectivity index (χ2v) is 8.37. The number of anilines is 1. The molecule has 2 aromatic carbocycles. The summed E-state index contributed by atoms with van der Waals surface area (Å²) < 4.78 is 39.0. The number of carbonyl (C=O) groups excluding carboxylic acids is 1. The number of nitrogens with zero attached hydrogens (tertiary/aromatic N) is 2. The van der Waals surface area contributed by atoms with Crippen LogP contribution >= 0.6 is 0 Å². The second kappa shape index (κ2) is 8.45. The molecule has 1 heterocycles. The molecule has 0 aliphatic rings. The summed E-state index contributed by atoms with van der Waals surface area (Å²) in [5, 5.41) is 3.70. The molecule has 0 spiro atoms. The number of amides is 1. The Kier molecular flexibility index (Phi) is 6.01. The van der Waals surface area contributed by atoms with Crippen LogP contribution in [-0.4, -0.2) is 37.2 Å². The summed E-state index contributed by atoms with van der Waals surface area (Å²) in [4.78, 5) is 16.5. The number of aromatic nitrogens is 1. The molecule has 0 aliphatic carbocycles. The molecule has 146 valence electrons. The third-order valence-electron chi connectivity index (χ3n) is 4.26. The molecule has 3 rings (SSSR count). The second-order valence-electron chi connectivity index (χ2n) is 6.32. The van der Waals surface area contributed by atoms with Gasteiger partial charge in [-0.25, -0.2) is 22.1 Å². The summed E-state index contributed by atoms with van der Waals surface area (Å²) in [6.45, 7) is 0.165. The Labute approximate surface area is 163 Å². The van der Waals surface area contributed by atoms with Crippen molar-refractivity contribution in [1.29, 1.82) is 0 Å². The number of pyridine rings is 1. The van der Waals surface area contributed by atoms with Crippen molar-refractivity contribution in [2.45, 2.75) is 17.7 Å². The molecule has 0 unspecified atom stereocenters. The fourth-order valence-electron chi connectivity index (χ4n) is 2.71. The molecule has 28 heavy (non-hydrogen) atoms. The fourth-order valence-corrected chi connectivity index (χ4v) is 3.92. The molecule has 1 N–H and O–H groups in total. The molecule has 0 bridgehead atoms. The summed E-state index contributed by atoms with van der Waals surface area (Å²) in [5.74, 6) is -0.285. The minimum absolute atomic E-state index is 0.0150. The summed E-state index contributed by atoms with van der Waals surface area (Å²) in [7, 11) is -2.28. The van der Waals surface area contributed by atoms with Crippen LogP contribution in [0.25, 0.3) is 10.9 Å². The lowest BCUT2D eigenvalue weighted by Gasteiger charge is -2.17. The van der Waals surface area contributed by atoms with Crippen LogP contribution in [0, 0.1) is 5.82 Å². The maximum Gasteiger partial charge on any atom is 0.242 e. The third kappa shape index (κ3) is 4.71. The van der Waals surface area contributed by atoms with E-state index in [-0.39, 0.29) is 23.8 Å². The lowest BCUT2D eigenvalue weighted by Crippen LogP contribution is -2.28. The van der Waals surface area contributed by atoms with Gasteiger partial charge in [0.05, 0.1) is 10.4 Å². The maximum absolute atomic E-state index is 13.0. The van der Waals surface area contributed by atoms with Crippen molar-refractivity contribution in [2.24, 2.45) is 0 Å². The first-order chi connectivity index (χ1) is 13.4. The molecule has 1 amide bonds. The van der Waals surface area contributed by atoms with Gasteiger partial charge in [0.1, 0.15) is 11.6 Å². The van der Waals surface area contributed by atoms with Gasteiger partial charge in [-0.15, -0.1) is 0 Å². The number of fused-ring (bicyclic) bond motifs is 1. The van der Waals surface area contributed by atoms with E-state index in [0.717, 1.165) is 27.3 Å². The van der Waals surface area contributed by atoms with E-state index in [9.17, 15) is 17.6 Å². The summed E-state index contributed by atoms with van der Waals surface area (Å²) in [6.07, 6.45) is 0.494. The first-order valence-corrected chi connectivity index (χ1v) is 10.2. The van der Waals surface area contributed by atoms with Crippen LogP contribution < -0.4 is 5.32 Å². The van der Waals surface area contributed by atoms with Gasteiger partial charge in [0.2, 0.25) is 15.9 Å².